The molecule has 2 N–H and O–H groups in total. The average Bonchev–Trinajstić information content (AvgIpc) is 2.60. The van der Waals surface area contributed by atoms with Crippen molar-refractivity contribution in [1.82, 2.24) is 0 Å². The van der Waals surface area contributed by atoms with E-state index >= 15 is 0 Å². The summed E-state index contributed by atoms with van der Waals surface area (Å²) in [5.74, 6) is -2.32. The molecule has 2 bridgehead atoms. The molecule has 0 radical (unpaired) electrons. The molecule has 5 rings (SSSR count). The van der Waals surface area contributed by atoms with Crippen LogP contribution in [0.3, 0.4) is 0 Å². The Bertz CT molecular complexity index is 766. The van der Waals surface area contributed by atoms with Crippen LogP contribution in [-0.2, 0) is 14.3 Å². The first-order chi connectivity index (χ1) is 11.1. The van der Waals surface area contributed by atoms with Crippen molar-refractivity contribution >= 4 is 11.9 Å². The Morgan fingerprint density at radius 1 is 0.826 bits per heavy atom. The fourth-order valence-electron chi connectivity index (χ4n) is 4.44. The number of primary amides is 1. The Labute approximate surface area is 134 Å². The lowest BCUT2D eigenvalue weighted by molar-refractivity contribution is -0.152. The number of hydrogen-bond donors (Lipinski definition) is 1. The van der Waals surface area contributed by atoms with Gasteiger partial charge in [-0.3, -0.25) is 9.59 Å². The molecule has 0 saturated heterocycles. The minimum Gasteiger partial charge on any atom is -0.469 e. The molecule has 4 nitrogen and oxygen atoms in total. The number of ether oxygens (including phenoxy) is 1. The molecule has 2 aromatic rings. The standard InChI is InChI=1S/C19H17NO3/c1-23-19(22)17-15-12-8-4-2-6-10(12)14(16(17)18(20)21)11-7-3-5-9-13(11)15/h2-9,14-17H,1H3,(H2,20,21). The first-order valence-corrected chi connectivity index (χ1v) is 7.70. The maximum Gasteiger partial charge on any atom is 0.310 e. The van der Waals surface area contributed by atoms with E-state index in [1.54, 1.807) is 0 Å². The van der Waals surface area contributed by atoms with Gasteiger partial charge in [-0.05, 0) is 22.3 Å². The lowest BCUT2D eigenvalue weighted by Crippen LogP contribution is -2.49. The molecule has 0 heterocycles. The van der Waals surface area contributed by atoms with Crippen molar-refractivity contribution in [1.29, 1.82) is 0 Å². The summed E-state index contributed by atoms with van der Waals surface area (Å²) in [5.41, 5.74) is 10.1. The van der Waals surface area contributed by atoms with Crippen molar-refractivity contribution in [3.8, 4) is 0 Å². The van der Waals surface area contributed by atoms with Gasteiger partial charge in [0.1, 0.15) is 0 Å². The quantitative estimate of drug-likeness (QED) is 0.865. The average molecular weight is 307 g/mol. The van der Waals surface area contributed by atoms with Crippen molar-refractivity contribution in [3.05, 3.63) is 70.8 Å². The number of carbonyl (C=O) groups excluding carboxylic acids is 2. The van der Waals surface area contributed by atoms with Crippen molar-refractivity contribution in [2.24, 2.45) is 17.6 Å². The maximum absolute atomic E-state index is 12.5. The number of rotatable bonds is 2. The van der Waals surface area contributed by atoms with Gasteiger partial charge in [0.25, 0.3) is 0 Å². The monoisotopic (exact) mass is 307 g/mol. The van der Waals surface area contributed by atoms with E-state index in [0.29, 0.717) is 0 Å². The van der Waals surface area contributed by atoms with Gasteiger partial charge < -0.3 is 10.5 Å². The summed E-state index contributed by atoms with van der Waals surface area (Å²) in [6.07, 6.45) is 0. The van der Waals surface area contributed by atoms with Crippen molar-refractivity contribution < 1.29 is 14.3 Å². The molecule has 0 spiro atoms. The summed E-state index contributed by atoms with van der Waals surface area (Å²) in [5, 5.41) is 0. The Morgan fingerprint density at radius 3 is 1.57 bits per heavy atom. The van der Waals surface area contributed by atoms with Crippen LogP contribution in [0.2, 0.25) is 0 Å². The molecule has 3 aliphatic rings. The second kappa shape index (κ2) is 4.95. The third-order valence-electron chi connectivity index (χ3n) is 5.24. The fraction of sp³-hybridized carbons (Fsp3) is 0.263. The van der Waals surface area contributed by atoms with Gasteiger partial charge in [0.15, 0.2) is 0 Å². The largest absolute Gasteiger partial charge is 0.469 e. The van der Waals surface area contributed by atoms with Crippen LogP contribution in [0, 0.1) is 11.8 Å². The van der Waals surface area contributed by atoms with Crippen LogP contribution in [0.4, 0.5) is 0 Å². The SMILES string of the molecule is COC(=O)C1C2c3ccccc3C(c3ccccc32)C1C(N)=O. The maximum atomic E-state index is 12.5. The molecule has 0 aromatic heterocycles. The Hall–Kier alpha value is -2.62. The van der Waals surface area contributed by atoms with Gasteiger partial charge in [-0.1, -0.05) is 48.5 Å². The first kappa shape index (κ1) is 14.0. The summed E-state index contributed by atoms with van der Waals surface area (Å²) >= 11 is 0. The highest BCUT2D eigenvalue weighted by Crippen LogP contribution is 2.58. The third-order valence-corrected chi connectivity index (χ3v) is 5.24. The molecule has 2 unspecified atom stereocenters. The van der Waals surface area contributed by atoms with Crippen molar-refractivity contribution in [2.75, 3.05) is 7.11 Å². The number of methoxy groups -OCH3 is 1. The van der Waals surface area contributed by atoms with Crippen LogP contribution in [0.1, 0.15) is 34.1 Å². The lowest BCUT2D eigenvalue weighted by Gasteiger charge is -2.48. The molecule has 4 heteroatoms. The second-order valence-electron chi connectivity index (χ2n) is 6.19. The highest BCUT2D eigenvalue weighted by atomic mass is 16.5. The number of hydrogen-bond acceptors (Lipinski definition) is 3. The zero-order valence-corrected chi connectivity index (χ0v) is 12.7. The molecule has 0 saturated carbocycles. The molecule has 116 valence electrons. The molecule has 23 heavy (non-hydrogen) atoms. The Kier molecular flexibility index (Phi) is 3.01. The topological polar surface area (TPSA) is 69.4 Å². The van der Waals surface area contributed by atoms with Gasteiger partial charge in [-0.15, -0.1) is 0 Å². The molecule has 0 fully saturated rings. The summed E-state index contributed by atoms with van der Waals surface area (Å²) in [6, 6.07) is 16.0. The van der Waals surface area contributed by atoms with Gasteiger partial charge >= 0.3 is 5.97 Å². The Balaban J connectivity index is 2.03. The van der Waals surface area contributed by atoms with Crippen LogP contribution in [0.25, 0.3) is 0 Å². The number of benzene rings is 2. The van der Waals surface area contributed by atoms with E-state index in [1.165, 1.54) is 7.11 Å². The van der Waals surface area contributed by atoms with E-state index in [9.17, 15) is 9.59 Å². The molecule has 0 aliphatic heterocycles. The number of nitrogens with two attached hydrogens (primary N) is 1. The molecule has 1 amide bonds. The number of fused-ring (bicyclic) bond motifs is 1. The zero-order valence-electron chi connectivity index (χ0n) is 12.7. The Morgan fingerprint density at radius 2 is 1.22 bits per heavy atom. The van der Waals surface area contributed by atoms with E-state index in [2.05, 4.69) is 0 Å². The van der Waals surface area contributed by atoms with Crippen LogP contribution in [0.5, 0.6) is 0 Å². The van der Waals surface area contributed by atoms with Gasteiger partial charge in [0.05, 0.1) is 18.9 Å². The molecule has 3 aliphatic carbocycles. The smallest absolute Gasteiger partial charge is 0.310 e. The van der Waals surface area contributed by atoms with E-state index in [1.807, 2.05) is 48.5 Å². The molecule has 2 atom stereocenters. The molecule has 2 aromatic carbocycles. The highest BCUT2D eigenvalue weighted by Gasteiger charge is 2.55. The van der Waals surface area contributed by atoms with E-state index in [0.717, 1.165) is 22.3 Å². The minimum absolute atomic E-state index is 0.183. The number of carbonyl (C=O) groups is 2. The van der Waals surface area contributed by atoms with E-state index in [-0.39, 0.29) is 17.8 Å². The molecular formula is C19H17NO3. The van der Waals surface area contributed by atoms with E-state index < -0.39 is 17.7 Å². The predicted molar refractivity (Wildman–Crippen MR) is 84.8 cm³/mol. The summed E-state index contributed by atoms with van der Waals surface area (Å²) < 4.78 is 5.01. The van der Waals surface area contributed by atoms with Crippen LogP contribution < -0.4 is 5.73 Å². The number of esters is 1. The summed E-state index contributed by atoms with van der Waals surface area (Å²) in [4.78, 5) is 24.7. The second-order valence-corrected chi connectivity index (χ2v) is 6.19. The van der Waals surface area contributed by atoms with Crippen LogP contribution in [-0.4, -0.2) is 19.0 Å². The minimum atomic E-state index is -0.572. The zero-order chi connectivity index (χ0) is 16.1. The van der Waals surface area contributed by atoms with Gasteiger partial charge in [-0.25, -0.2) is 0 Å². The number of amides is 1. The van der Waals surface area contributed by atoms with E-state index in [4.69, 9.17) is 10.5 Å². The van der Waals surface area contributed by atoms with Crippen LogP contribution in [0.15, 0.2) is 48.5 Å². The van der Waals surface area contributed by atoms with Gasteiger partial charge in [-0.2, -0.15) is 0 Å². The predicted octanol–water partition coefficient (Wildman–Crippen LogP) is 2.17. The van der Waals surface area contributed by atoms with Crippen molar-refractivity contribution in [3.63, 3.8) is 0 Å². The first-order valence-electron chi connectivity index (χ1n) is 7.70. The lowest BCUT2D eigenvalue weighted by atomic mass is 9.54. The van der Waals surface area contributed by atoms with Crippen LogP contribution >= 0.6 is 0 Å². The van der Waals surface area contributed by atoms with Crippen molar-refractivity contribution in [2.45, 2.75) is 11.8 Å². The summed E-state index contributed by atoms with van der Waals surface area (Å²) in [6.45, 7) is 0. The highest BCUT2D eigenvalue weighted by molar-refractivity contribution is 5.89. The summed E-state index contributed by atoms with van der Waals surface area (Å²) in [7, 11) is 1.36. The molecular weight excluding hydrogens is 290 g/mol. The van der Waals surface area contributed by atoms with Gasteiger partial charge in [0, 0.05) is 11.8 Å². The fourth-order valence-corrected chi connectivity index (χ4v) is 4.44. The van der Waals surface area contributed by atoms with Gasteiger partial charge in [0.2, 0.25) is 5.91 Å². The third kappa shape index (κ3) is 1.78. The normalized spacial score (nSPS) is 27.0.